The van der Waals surface area contributed by atoms with Gasteiger partial charge in [-0.2, -0.15) is 8.78 Å². The first-order chi connectivity index (χ1) is 12.0. The third kappa shape index (κ3) is 5.75. The summed E-state index contributed by atoms with van der Waals surface area (Å²) in [5.41, 5.74) is 0.375. The Morgan fingerprint density at radius 2 is 1.80 bits per heavy atom. The molecule has 0 spiro atoms. The van der Waals surface area contributed by atoms with Crippen molar-refractivity contribution < 1.29 is 27.8 Å². The highest BCUT2D eigenvalue weighted by Crippen LogP contribution is 2.25. The van der Waals surface area contributed by atoms with Gasteiger partial charge in [0.2, 0.25) is 0 Å². The largest absolute Gasteiger partial charge is 0.452 e. The third-order valence-corrected chi connectivity index (χ3v) is 3.78. The zero-order valence-corrected chi connectivity index (χ0v) is 14.0. The first kappa shape index (κ1) is 18.7. The third-order valence-electron chi connectivity index (χ3n) is 3.04. The summed E-state index contributed by atoms with van der Waals surface area (Å²) in [6, 6.07) is 12.5. The number of anilines is 1. The molecule has 0 bridgehead atoms. The van der Waals surface area contributed by atoms with Crippen molar-refractivity contribution in [2.75, 3.05) is 18.2 Å². The standard InChI is InChI=1S/C17H15F2NO4S/c1-25-12-8-6-11(7-9-12)16(22)23-10-15(21)20-13-4-2-3-5-14(13)24-17(18)19/h2-9,17H,10H2,1H3,(H,20,21). The Bertz CT molecular complexity index is 738. The fourth-order valence-electron chi connectivity index (χ4n) is 1.90. The van der Waals surface area contributed by atoms with E-state index in [4.69, 9.17) is 4.74 Å². The molecule has 0 aliphatic rings. The number of carbonyl (C=O) groups excluding carboxylic acids is 2. The van der Waals surface area contributed by atoms with E-state index < -0.39 is 25.1 Å². The molecule has 8 heteroatoms. The summed E-state index contributed by atoms with van der Waals surface area (Å²) in [7, 11) is 0. The first-order valence-corrected chi connectivity index (χ1v) is 8.37. The second-order valence-electron chi connectivity index (χ2n) is 4.73. The lowest BCUT2D eigenvalue weighted by Crippen LogP contribution is -2.21. The average molecular weight is 367 g/mol. The van der Waals surface area contributed by atoms with Crippen molar-refractivity contribution in [1.82, 2.24) is 0 Å². The van der Waals surface area contributed by atoms with Gasteiger partial charge in [0.25, 0.3) is 5.91 Å². The molecule has 0 heterocycles. The maximum absolute atomic E-state index is 12.3. The van der Waals surface area contributed by atoms with Crippen molar-refractivity contribution in [3.8, 4) is 5.75 Å². The van der Waals surface area contributed by atoms with Gasteiger partial charge in [-0.1, -0.05) is 12.1 Å². The number of rotatable bonds is 7. The van der Waals surface area contributed by atoms with Gasteiger partial charge in [0.05, 0.1) is 11.3 Å². The van der Waals surface area contributed by atoms with E-state index in [2.05, 4.69) is 10.1 Å². The molecule has 1 N–H and O–H groups in total. The number of alkyl halides is 2. The number of esters is 1. The minimum absolute atomic E-state index is 0.0631. The first-order valence-electron chi connectivity index (χ1n) is 7.14. The van der Waals surface area contributed by atoms with Crippen LogP contribution in [0.2, 0.25) is 0 Å². The molecule has 0 saturated carbocycles. The van der Waals surface area contributed by atoms with E-state index in [0.29, 0.717) is 5.56 Å². The molecule has 2 aromatic rings. The molecule has 0 fully saturated rings. The van der Waals surface area contributed by atoms with Crippen LogP contribution in [0.25, 0.3) is 0 Å². The zero-order valence-electron chi connectivity index (χ0n) is 13.2. The summed E-state index contributed by atoms with van der Waals surface area (Å²) in [5, 5.41) is 2.36. The van der Waals surface area contributed by atoms with Crippen LogP contribution in [-0.4, -0.2) is 31.4 Å². The van der Waals surface area contributed by atoms with Gasteiger partial charge in [-0.15, -0.1) is 11.8 Å². The van der Waals surface area contributed by atoms with Gasteiger partial charge in [0, 0.05) is 4.90 Å². The van der Waals surface area contributed by atoms with E-state index >= 15 is 0 Å². The molecule has 0 unspecified atom stereocenters. The summed E-state index contributed by atoms with van der Waals surface area (Å²) in [5.74, 6) is -1.50. The Balaban J connectivity index is 1.91. The van der Waals surface area contributed by atoms with Gasteiger partial charge in [0.15, 0.2) is 6.61 Å². The molecule has 25 heavy (non-hydrogen) atoms. The van der Waals surface area contributed by atoms with Crippen LogP contribution in [0.1, 0.15) is 10.4 Å². The van der Waals surface area contributed by atoms with Crippen molar-refractivity contribution in [3.05, 3.63) is 54.1 Å². The average Bonchev–Trinajstić information content (AvgIpc) is 2.61. The van der Waals surface area contributed by atoms with Crippen molar-refractivity contribution in [2.45, 2.75) is 11.5 Å². The van der Waals surface area contributed by atoms with Crippen LogP contribution in [-0.2, 0) is 9.53 Å². The number of thioether (sulfide) groups is 1. The smallest absolute Gasteiger partial charge is 0.387 e. The highest BCUT2D eigenvalue weighted by molar-refractivity contribution is 7.98. The normalized spacial score (nSPS) is 10.4. The zero-order chi connectivity index (χ0) is 18.2. The van der Waals surface area contributed by atoms with Crippen molar-refractivity contribution in [3.63, 3.8) is 0 Å². The van der Waals surface area contributed by atoms with Gasteiger partial charge in [-0.05, 0) is 42.7 Å². The minimum Gasteiger partial charge on any atom is -0.452 e. The number of benzene rings is 2. The number of hydrogen-bond donors (Lipinski definition) is 1. The molecule has 0 aliphatic heterocycles. The predicted octanol–water partition coefficient (Wildman–Crippen LogP) is 3.81. The lowest BCUT2D eigenvalue weighted by molar-refractivity contribution is -0.119. The molecule has 2 aromatic carbocycles. The monoisotopic (exact) mass is 367 g/mol. The van der Waals surface area contributed by atoms with E-state index in [1.54, 1.807) is 30.3 Å². The quantitative estimate of drug-likeness (QED) is 0.596. The topological polar surface area (TPSA) is 64.6 Å². The number of nitrogens with one attached hydrogen (secondary N) is 1. The number of halogens is 2. The molecule has 0 atom stereocenters. The molecule has 0 saturated heterocycles. The van der Waals surface area contributed by atoms with Crippen molar-refractivity contribution >= 4 is 29.3 Å². The minimum atomic E-state index is -3.01. The van der Waals surface area contributed by atoms with Gasteiger partial charge in [0.1, 0.15) is 5.75 Å². The maximum Gasteiger partial charge on any atom is 0.387 e. The molecule has 132 valence electrons. The maximum atomic E-state index is 12.3. The molecule has 2 rings (SSSR count). The van der Waals surface area contributed by atoms with Gasteiger partial charge < -0.3 is 14.8 Å². The lowest BCUT2D eigenvalue weighted by atomic mass is 10.2. The van der Waals surface area contributed by atoms with Gasteiger partial charge in [-0.3, -0.25) is 4.79 Å². The van der Waals surface area contributed by atoms with Crippen LogP contribution < -0.4 is 10.1 Å². The molecular weight excluding hydrogens is 352 g/mol. The molecule has 0 aromatic heterocycles. The van der Waals surface area contributed by atoms with Crippen LogP contribution in [0.5, 0.6) is 5.75 Å². The Kier molecular flexibility index (Phi) is 6.76. The number of carbonyl (C=O) groups is 2. The number of hydrogen-bond acceptors (Lipinski definition) is 5. The Hall–Kier alpha value is -2.61. The highest BCUT2D eigenvalue weighted by Gasteiger charge is 2.14. The molecule has 1 amide bonds. The van der Waals surface area contributed by atoms with Crippen LogP contribution in [0.15, 0.2) is 53.4 Å². The molecular formula is C17H15F2NO4S. The van der Waals surface area contributed by atoms with E-state index in [0.717, 1.165) is 4.90 Å². The Labute approximate surface area is 147 Å². The predicted molar refractivity (Wildman–Crippen MR) is 90.2 cm³/mol. The SMILES string of the molecule is CSc1ccc(C(=O)OCC(=O)Nc2ccccc2OC(F)F)cc1. The van der Waals surface area contributed by atoms with Crippen LogP contribution >= 0.6 is 11.8 Å². The number of ether oxygens (including phenoxy) is 2. The van der Waals surface area contributed by atoms with E-state index in [1.807, 2.05) is 6.26 Å². The summed E-state index contributed by atoms with van der Waals surface area (Å²) < 4.78 is 33.9. The van der Waals surface area contributed by atoms with E-state index in [1.165, 1.54) is 30.0 Å². The van der Waals surface area contributed by atoms with Crippen LogP contribution in [0, 0.1) is 0 Å². The summed E-state index contributed by atoms with van der Waals surface area (Å²) in [4.78, 5) is 24.7. The summed E-state index contributed by atoms with van der Waals surface area (Å²) in [6.45, 7) is -3.56. The van der Waals surface area contributed by atoms with Gasteiger partial charge in [-0.25, -0.2) is 4.79 Å². The van der Waals surface area contributed by atoms with Crippen LogP contribution in [0.3, 0.4) is 0 Å². The number of amides is 1. The van der Waals surface area contributed by atoms with Crippen LogP contribution in [0.4, 0.5) is 14.5 Å². The Morgan fingerprint density at radius 3 is 2.44 bits per heavy atom. The van der Waals surface area contributed by atoms with Gasteiger partial charge >= 0.3 is 12.6 Å². The molecule has 5 nitrogen and oxygen atoms in total. The second-order valence-corrected chi connectivity index (χ2v) is 5.61. The fourth-order valence-corrected chi connectivity index (χ4v) is 2.30. The fraction of sp³-hybridized carbons (Fsp3) is 0.176. The second kappa shape index (κ2) is 9.03. The van der Waals surface area contributed by atoms with Crippen molar-refractivity contribution in [2.24, 2.45) is 0 Å². The van der Waals surface area contributed by atoms with E-state index in [-0.39, 0.29) is 11.4 Å². The molecule has 0 radical (unpaired) electrons. The lowest BCUT2D eigenvalue weighted by Gasteiger charge is -2.11. The van der Waals surface area contributed by atoms with E-state index in [9.17, 15) is 18.4 Å². The number of para-hydroxylation sites is 2. The highest BCUT2D eigenvalue weighted by atomic mass is 32.2. The molecule has 0 aliphatic carbocycles. The summed E-state index contributed by atoms with van der Waals surface area (Å²) >= 11 is 1.53. The Morgan fingerprint density at radius 1 is 1.12 bits per heavy atom. The van der Waals surface area contributed by atoms with Crippen molar-refractivity contribution in [1.29, 1.82) is 0 Å². The summed E-state index contributed by atoms with van der Waals surface area (Å²) in [6.07, 6.45) is 1.91.